The number of carbonyl (C=O) groups excluding carboxylic acids is 1. The summed E-state index contributed by atoms with van der Waals surface area (Å²) in [6.45, 7) is 5.95. The molecule has 3 aromatic rings. The number of nitrogens with one attached hydrogen (secondary N) is 1. The van der Waals surface area contributed by atoms with Crippen molar-refractivity contribution < 1.29 is 13.2 Å². The molecule has 0 saturated carbocycles. The summed E-state index contributed by atoms with van der Waals surface area (Å²) in [6, 6.07) is 23.7. The Kier molecular flexibility index (Phi) is 7.13. The minimum absolute atomic E-state index is 0.117. The van der Waals surface area contributed by atoms with Gasteiger partial charge in [0.25, 0.3) is 10.0 Å². The van der Waals surface area contributed by atoms with Crippen LogP contribution in [0.1, 0.15) is 29.5 Å². The molecule has 31 heavy (non-hydrogen) atoms. The van der Waals surface area contributed by atoms with E-state index in [2.05, 4.69) is 5.32 Å². The minimum Gasteiger partial charge on any atom is -0.354 e. The SMILES string of the molecule is Cc1ccc(S(=O)(=O)N(CC(=O)NC[C@@H](C)c2ccccc2)c2cccc(C)c2)cc1. The summed E-state index contributed by atoms with van der Waals surface area (Å²) in [4.78, 5) is 12.9. The zero-order valence-corrected chi connectivity index (χ0v) is 18.9. The highest BCUT2D eigenvalue weighted by Gasteiger charge is 2.27. The third-order valence-corrected chi connectivity index (χ3v) is 6.95. The smallest absolute Gasteiger partial charge is 0.264 e. The number of anilines is 1. The molecule has 1 amide bonds. The highest BCUT2D eigenvalue weighted by molar-refractivity contribution is 7.92. The van der Waals surface area contributed by atoms with Gasteiger partial charge in [-0.1, -0.05) is 67.1 Å². The van der Waals surface area contributed by atoms with E-state index >= 15 is 0 Å². The predicted octanol–water partition coefficient (Wildman–Crippen LogP) is 4.42. The van der Waals surface area contributed by atoms with Crippen molar-refractivity contribution in [2.24, 2.45) is 0 Å². The van der Waals surface area contributed by atoms with E-state index in [1.165, 1.54) is 4.31 Å². The van der Waals surface area contributed by atoms with Crippen molar-refractivity contribution in [3.8, 4) is 0 Å². The van der Waals surface area contributed by atoms with E-state index in [-0.39, 0.29) is 23.3 Å². The fourth-order valence-corrected chi connectivity index (χ4v) is 4.70. The first-order valence-electron chi connectivity index (χ1n) is 10.2. The Labute approximate surface area is 184 Å². The maximum absolute atomic E-state index is 13.4. The quantitative estimate of drug-likeness (QED) is 0.568. The maximum Gasteiger partial charge on any atom is 0.264 e. The van der Waals surface area contributed by atoms with Gasteiger partial charge in [-0.3, -0.25) is 9.10 Å². The van der Waals surface area contributed by atoms with Gasteiger partial charge in [0.05, 0.1) is 10.6 Å². The molecule has 1 atom stereocenters. The lowest BCUT2D eigenvalue weighted by molar-refractivity contribution is -0.119. The van der Waals surface area contributed by atoms with Crippen molar-refractivity contribution in [1.82, 2.24) is 5.32 Å². The molecule has 0 aliphatic rings. The Morgan fingerprint density at radius 2 is 1.58 bits per heavy atom. The molecule has 3 aromatic carbocycles. The number of benzene rings is 3. The summed E-state index contributed by atoms with van der Waals surface area (Å²) in [5, 5.41) is 2.88. The Hall–Kier alpha value is -3.12. The van der Waals surface area contributed by atoms with Crippen LogP contribution in [0, 0.1) is 13.8 Å². The van der Waals surface area contributed by atoms with E-state index in [9.17, 15) is 13.2 Å². The van der Waals surface area contributed by atoms with Crippen LogP contribution in [0.25, 0.3) is 0 Å². The van der Waals surface area contributed by atoms with E-state index < -0.39 is 10.0 Å². The first-order chi connectivity index (χ1) is 14.8. The van der Waals surface area contributed by atoms with Crippen molar-refractivity contribution in [2.75, 3.05) is 17.4 Å². The van der Waals surface area contributed by atoms with Gasteiger partial charge in [0, 0.05) is 6.54 Å². The molecule has 0 heterocycles. The second-order valence-corrected chi connectivity index (χ2v) is 9.64. The third-order valence-electron chi connectivity index (χ3n) is 5.16. The largest absolute Gasteiger partial charge is 0.354 e. The number of hydrogen-bond donors (Lipinski definition) is 1. The normalized spacial score (nSPS) is 12.2. The first kappa shape index (κ1) is 22.6. The van der Waals surface area contributed by atoms with Crippen molar-refractivity contribution in [2.45, 2.75) is 31.6 Å². The van der Waals surface area contributed by atoms with Crippen LogP contribution in [0.2, 0.25) is 0 Å². The Balaban J connectivity index is 1.81. The minimum atomic E-state index is -3.90. The molecule has 0 spiro atoms. The number of nitrogens with zero attached hydrogens (tertiary/aromatic N) is 1. The summed E-state index contributed by atoms with van der Waals surface area (Å²) in [5.41, 5.74) is 3.46. The summed E-state index contributed by atoms with van der Waals surface area (Å²) < 4.78 is 28.0. The molecular formula is C25H28N2O3S. The Bertz CT molecular complexity index is 1130. The Morgan fingerprint density at radius 1 is 0.903 bits per heavy atom. The maximum atomic E-state index is 13.4. The van der Waals surface area contributed by atoms with Crippen LogP contribution in [0.4, 0.5) is 5.69 Å². The topological polar surface area (TPSA) is 66.5 Å². The number of aryl methyl sites for hydroxylation is 2. The molecule has 0 aliphatic heterocycles. The second-order valence-electron chi connectivity index (χ2n) is 7.78. The van der Waals surface area contributed by atoms with Crippen LogP contribution in [0.15, 0.2) is 83.8 Å². The average molecular weight is 437 g/mol. The van der Waals surface area contributed by atoms with Crippen molar-refractivity contribution in [3.05, 3.63) is 95.6 Å². The van der Waals surface area contributed by atoms with Crippen LogP contribution in [-0.4, -0.2) is 27.4 Å². The van der Waals surface area contributed by atoms with Crippen LogP contribution in [0.3, 0.4) is 0 Å². The summed E-state index contributed by atoms with van der Waals surface area (Å²) in [5.74, 6) is -0.230. The molecule has 3 rings (SSSR count). The number of amides is 1. The third kappa shape index (κ3) is 5.73. The zero-order chi connectivity index (χ0) is 22.4. The highest BCUT2D eigenvalue weighted by atomic mass is 32.2. The molecule has 1 N–H and O–H groups in total. The van der Waals surface area contributed by atoms with Crippen LogP contribution in [0.5, 0.6) is 0 Å². The highest BCUT2D eigenvalue weighted by Crippen LogP contribution is 2.24. The first-order valence-corrected chi connectivity index (χ1v) is 11.7. The average Bonchev–Trinajstić information content (AvgIpc) is 2.76. The molecule has 0 unspecified atom stereocenters. The fourth-order valence-electron chi connectivity index (χ4n) is 3.29. The van der Waals surface area contributed by atoms with Gasteiger partial charge in [-0.05, 0) is 55.2 Å². The monoisotopic (exact) mass is 436 g/mol. The molecule has 5 nitrogen and oxygen atoms in total. The molecule has 0 saturated heterocycles. The molecule has 0 aliphatic carbocycles. The fraction of sp³-hybridized carbons (Fsp3) is 0.240. The number of sulfonamides is 1. The van der Waals surface area contributed by atoms with E-state index in [1.54, 1.807) is 42.5 Å². The molecule has 6 heteroatoms. The van der Waals surface area contributed by atoms with Gasteiger partial charge in [0.1, 0.15) is 6.54 Å². The summed E-state index contributed by atoms with van der Waals surface area (Å²) in [6.07, 6.45) is 0. The van der Waals surface area contributed by atoms with E-state index in [1.807, 2.05) is 57.2 Å². The number of carbonyl (C=O) groups is 1. The van der Waals surface area contributed by atoms with Crippen LogP contribution < -0.4 is 9.62 Å². The van der Waals surface area contributed by atoms with Gasteiger partial charge in [0.2, 0.25) is 5.91 Å². The summed E-state index contributed by atoms with van der Waals surface area (Å²) in [7, 11) is -3.90. The standard InChI is InChI=1S/C25H28N2O3S/c1-19-12-14-24(15-13-19)31(29,30)27(23-11-7-8-20(2)16-23)18-25(28)26-17-21(3)22-9-5-4-6-10-22/h4-16,21H,17-18H2,1-3H3,(H,26,28)/t21-/m1/s1. The van der Waals surface area contributed by atoms with Gasteiger partial charge in [0.15, 0.2) is 0 Å². The van der Waals surface area contributed by atoms with E-state index in [4.69, 9.17) is 0 Å². The van der Waals surface area contributed by atoms with E-state index in [0.717, 1.165) is 16.7 Å². The van der Waals surface area contributed by atoms with Gasteiger partial charge < -0.3 is 5.32 Å². The second kappa shape index (κ2) is 9.79. The van der Waals surface area contributed by atoms with Crippen molar-refractivity contribution >= 4 is 21.6 Å². The van der Waals surface area contributed by atoms with E-state index in [0.29, 0.717) is 12.2 Å². The van der Waals surface area contributed by atoms with Gasteiger partial charge in [-0.2, -0.15) is 0 Å². The molecule has 0 bridgehead atoms. The lowest BCUT2D eigenvalue weighted by Crippen LogP contribution is -2.41. The molecule has 162 valence electrons. The van der Waals surface area contributed by atoms with Gasteiger partial charge in [-0.25, -0.2) is 8.42 Å². The molecule has 0 aromatic heterocycles. The zero-order valence-electron chi connectivity index (χ0n) is 18.1. The van der Waals surface area contributed by atoms with Crippen LogP contribution in [-0.2, 0) is 14.8 Å². The molecule has 0 fully saturated rings. The van der Waals surface area contributed by atoms with Gasteiger partial charge in [-0.15, -0.1) is 0 Å². The number of hydrogen-bond acceptors (Lipinski definition) is 3. The van der Waals surface area contributed by atoms with Gasteiger partial charge >= 0.3 is 0 Å². The predicted molar refractivity (Wildman–Crippen MR) is 125 cm³/mol. The van der Waals surface area contributed by atoms with Crippen molar-refractivity contribution in [3.63, 3.8) is 0 Å². The summed E-state index contributed by atoms with van der Waals surface area (Å²) >= 11 is 0. The lowest BCUT2D eigenvalue weighted by atomic mass is 10.0. The Morgan fingerprint density at radius 3 is 2.23 bits per heavy atom. The lowest BCUT2D eigenvalue weighted by Gasteiger charge is -2.25. The van der Waals surface area contributed by atoms with Crippen molar-refractivity contribution in [1.29, 1.82) is 0 Å². The molecule has 0 radical (unpaired) electrons. The van der Waals surface area contributed by atoms with Crippen LogP contribution >= 0.6 is 0 Å². The number of rotatable bonds is 8. The molecular weight excluding hydrogens is 408 g/mol.